The summed E-state index contributed by atoms with van der Waals surface area (Å²) in [6.45, 7) is -0.336. The van der Waals surface area contributed by atoms with Crippen LogP contribution in [0.25, 0.3) is 0 Å². The molecule has 0 aliphatic rings. The van der Waals surface area contributed by atoms with E-state index in [1.54, 1.807) is 12.1 Å². The molecule has 1 aromatic rings. The molecule has 0 fully saturated rings. The fourth-order valence-corrected chi connectivity index (χ4v) is 0.954. The number of carbonyl (C=O) groups is 2. The molecule has 14 heavy (non-hydrogen) atoms. The highest BCUT2D eigenvalue weighted by Gasteiger charge is 2.04. The average molecular weight is 197 g/mol. The summed E-state index contributed by atoms with van der Waals surface area (Å²) >= 11 is 0. The SMILES string of the molecule is O=C(O)CNC(=O)CCc1ccco1. The molecule has 0 unspecified atom stereocenters. The minimum atomic E-state index is -1.05. The van der Waals surface area contributed by atoms with Crippen LogP contribution in [-0.4, -0.2) is 23.5 Å². The molecule has 5 nitrogen and oxygen atoms in total. The van der Waals surface area contributed by atoms with Gasteiger partial charge in [-0.15, -0.1) is 0 Å². The van der Waals surface area contributed by atoms with Gasteiger partial charge in [0.05, 0.1) is 6.26 Å². The maximum Gasteiger partial charge on any atom is 0.322 e. The molecule has 0 saturated heterocycles. The van der Waals surface area contributed by atoms with E-state index in [2.05, 4.69) is 5.32 Å². The molecule has 1 amide bonds. The lowest BCUT2D eigenvalue weighted by Gasteiger charge is -2.00. The van der Waals surface area contributed by atoms with E-state index in [9.17, 15) is 9.59 Å². The van der Waals surface area contributed by atoms with Crippen LogP contribution in [0.4, 0.5) is 0 Å². The van der Waals surface area contributed by atoms with Crippen LogP contribution in [0.5, 0.6) is 0 Å². The van der Waals surface area contributed by atoms with Gasteiger partial charge in [0, 0.05) is 12.8 Å². The van der Waals surface area contributed by atoms with Crippen LogP contribution >= 0.6 is 0 Å². The first-order valence-electron chi connectivity index (χ1n) is 4.19. The van der Waals surface area contributed by atoms with Crippen LogP contribution in [0.3, 0.4) is 0 Å². The van der Waals surface area contributed by atoms with Crippen LogP contribution in [0.2, 0.25) is 0 Å². The molecular weight excluding hydrogens is 186 g/mol. The van der Waals surface area contributed by atoms with Gasteiger partial charge in [0.1, 0.15) is 12.3 Å². The molecule has 0 atom stereocenters. The van der Waals surface area contributed by atoms with Crippen molar-refractivity contribution in [3.63, 3.8) is 0 Å². The summed E-state index contributed by atoms with van der Waals surface area (Å²) < 4.78 is 5.01. The fourth-order valence-electron chi connectivity index (χ4n) is 0.954. The lowest BCUT2D eigenvalue weighted by atomic mass is 10.2. The Labute approximate surface area is 80.7 Å². The Morgan fingerprint density at radius 1 is 1.50 bits per heavy atom. The Morgan fingerprint density at radius 3 is 2.86 bits per heavy atom. The van der Waals surface area contributed by atoms with Crippen LogP contribution in [0.1, 0.15) is 12.2 Å². The number of carboxylic acids is 1. The number of rotatable bonds is 5. The normalized spacial score (nSPS) is 9.71. The molecule has 0 saturated carbocycles. The summed E-state index contributed by atoms with van der Waals surface area (Å²) in [7, 11) is 0. The first-order chi connectivity index (χ1) is 6.68. The van der Waals surface area contributed by atoms with Crippen LogP contribution < -0.4 is 5.32 Å². The molecule has 0 aliphatic heterocycles. The van der Waals surface area contributed by atoms with Crippen molar-refractivity contribution in [3.8, 4) is 0 Å². The summed E-state index contributed by atoms with van der Waals surface area (Å²) in [6.07, 6.45) is 2.25. The van der Waals surface area contributed by atoms with E-state index in [1.807, 2.05) is 0 Å². The van der Waals surface area contributed by atoms with E-state index in [4.69, 9.17) is 9.52 Å². The maximum absolute atomic E-state index is 11.0. The van der Waals surface area contributed by atoms with Crippen molar-refractivity contribution in [2.45, 2.75) is 12.8 Å². The quantitative estimate of drug-likeness (QED) is 0.716. The van der Waals surface area contributed by atoms with Crippen molar-refractivity contribution in [2.75, 3.05) is 6.54 Å². The van der Waals surface area contributed by atoms with E-state index in [0.29, 0.717) is 6.42 Å². The number of hydrogen-bond donors (Lipinski definition) is 2. The van der Waals surface area contributed by atoms with Gasteiger partial charge < -0.3 is 14.8 Å². The van der Waals surface area contributed by atoms with Crippen molar-refractivity contribution in [2.24, 2.45) is 0 Å². The highest BCUT2D eigenvalue weighted by atomic mass is 16.4. The van der Waals surface area contributed by atoms with E-state index < -0.39 is 5.97 Å². The minimum absolute atomic E-state index is 0.237. The Bertz CT molecular complexity index is 305. The first kappa shape index (κ1) is 10.3. The fraction of sp³-hybridized carbons (Fsp3) is 0.333. The van der Waals surface area contributed by atoms with Crippen LogP contribution in [-0.2, 0) is 16.0 Å². The molecule has 5 heteroatoms. The summed E-state index contributed by atoms with van der Waals surface area (Å²) in [6, 6.07) is 3.51. The van der Waals surface area contributed by atoms with Crippen molar-refractivity contribution >= 4 is 11.9 Å². The number of aliphatic carboxylic acids is 1. The minimum Gasteiger partial charge on any atom is -0.480 e. The number of carboxylic acid groups (broad SMARTS) is 1. The van der Waals surface area contributed by atoms with Gasteiger partial charge in [0.15, 0.2) is 0 Å². The number of nitrogens with one attached hydrogen (secondary N) is 1. The summed E-state index contributed by atoms with van der Waals surface area (Å²) in [5.41, 5.74) is 0. The smallest absolute Gasteiger partial charge is 0.322 e. The van der Waals surface area contributed by atoms with Gasteiger partial charge in [-0.3, -0.25) is 9.59 Å². The predicted molar refractivity (Wildman–Crippen MR) is 47.7 cm³/mol. The highest BCUT2D eigenvalue weighted by molar-refractivity contribution is 5.81. The number of hydrogen-bond acceptors (Lipinski definition) is 3. The third-order valence-electron chi connectivity index (χ3n) is 1.62. The molecule has 0 bridgehead atoms. The Morgan fingerprint density at radius 2 is 2.29 bits per heavy atom. The second-order valence-corrected chi connectivity index (χ2v) is 2.75. The molecule has 0 aliphatic carbocycles. The monoisotopic (exact) mass is 197 g/mol. The molecule has 1 rings (SSSR count). The van der Waals surface area contributed by atoms with Crippen molar-refractivity contribution in [3.05, 3.63) is 24.2 Å². The summed E-state index contributed by atoms with van der Waals surface area (Å²) in [5, 5.41) is 10.5. The van der Waals surface area contributed by atoms with Gasteiger partial charge in [-0.25, -0.2) is 0 Å². The Hall–Kier alpha value is -1.78. The summed E-state index contributed by atoms with van der Waals surface area (Å²) in [5.74, 6) is -0.615. The van der Waals surface area contributed by atoms with Gasteiger partial charge in [-0.2, -0.15) is 0 Å². The lowest BCUT2D eigenvalue weighted by molar-refractivity contribution is -0.137. The first-order valence-corrected chi connectivity index (χ1v) is 4.19. The van der Waals surface area contributed by atoms with Crippen LogP contribution in [0.15, 0.2) is 22.8 Å². The molecule has 0 radical (unpaired) electrons. The molecular formula is C9H11NO4. The van der Waals surface area contributed by atoms with E-state index in [1.165, 1.54) is 6.26 Å². The third-order valence-corrected chi connectivity index (χ3v) is 1.62. The van der Waals surface area contributed by atoms with Gasteiger partial charge in [-0.1, -0.05) is 0 Å². The van der Waals surface area contributed by atoms with Gasteiger partial charge >= 0.3 is 5.97 Å². The Balaban J connectivity index is 2.18. The topological polar surface area (TPSA) is 79.5 Å². The molecule has 1 aromatic heterocycles. The Kier molecular flexibility index (Phi) is 3.72. The second-order valence-electron chi connectivity index (χ2n) is 2.75. The number of amides is 1. The number of carbonyl (C=O) groups excluding carboxylic acids is 1. The predicted octanol–water partition coefficient (Wildman–Crippen LogP) is 0.413. The molecule has 76 valence electrons. The standard InChI is InChI=1S/C9H11NO4/c11-8(10-6-9(12)13)4-3-7-2-1-5-14-7/h1-2,5H,3-4,6H2,(H,10,11)(H,12,13). The lowest BCUT2D eigenvalue weighted by Crippen LogP contribution is -2.29. The zero-order valence-corrected chi connectivity index (χ0v) is 7.53. The molecule has 0 spiro atoms. The number of furan rings is 1. The van der Waals surface area contributed by atoms with E-state index in [-0.39, 0.29) is 18.9 Å². The van der Waals surface area contributed by atoms with Crippen LogP contribution in [0, 0.1) is 0 Å². The molecule has 2 N–H and O–H groups in total. The van der Waals surface area contributed by atoms with Gasteiger partial charge in [0.2, 0.25) is 5.91 Å². The zero-order chi connectivity index (χ0) is 10.4. The zero-order valence-electron chi connectivity index (χ0n) is 7.53. The average Bonchev–Trinajstić information content (AvgIpc) is 2.63. The van der Waals surface area contributed by atoms with Gasteiger partial charge in [0.25, 0.3) is 0 Å². The van der Waals surface area contributed by atoms with Gasteiger partial charge in [-0.05, 0) is 12.1 Å². The van der Waals surface area contributed by atoms with E-state index in [0.717, 1.165) is 5.76 Å². The molecule has 0 aromatic carbocycles. The van der Waals surface area contributed by atoms with Crippen molar-refractivity contribution < 1.29 is 19.1 Å². The third kappa shape index (κ3) is 3.75. The molecule has 1 heterocycles. The maximum atomic E-state index is 11.0. The highest BCUT2D eigenvalue weighted by Crippen LogP contribution is 2.02. The summed E-state index contributed by atoms with van der Waals surface area (Å²) in [4.78, 5) is 21.1. The number of aryl methyl sites for hydroxylation is 1. The largest absolute Gasteiger partial charge is 0.480 e. The van der Waals surface area contributed by atoms with Crippen molar-refractivity contribution in [1.29, 1.82) is 0 Å². The second kappa shape index (κ2) is 5.06. The van der Waals surface area contributed by atoms with Crippen molar-refractivity contribution in [1.82, 2.24) is 5.32 Å². The van der Waals surface area contributed by atoms with E-state index >= 15 is 0 Å².